The number of aryl methyl sites for hydroxylation is 1. The summed E-state index contributed by atoms with van der Waals surface area (Å²) in [5, 5.41) is 7.43. The van der Waals surface area contributed by atoms with Crippen LogP contribution in [-0.4, -0.2) is 77.5 Å². The molecule has 3 aliphatic heterocycles. The number of urea groups is 1. The number of rotatable bonds is 3. The largest absolute Gasteiger partial charge is 0.378 e. The van der Waals surface area contributed by atoms with Gasteiger partial charge >= 0.3 is 6.03 Å². The van der Waals surface area contributed by atoms with Gasteiger partial charge in [-0.3, -0.25) is 14.8 Å². The van der Waals surface area contributed by atoms with Crippen LogP contribution < -0.4 is 5.32 Å². The Morgan fingerprint density at radius 2 is 1.93 bits per heavy atom. The van der Waals surface area contributed by atoms with Gasteiger partial charge in [0.15, 0.2) is 0 Å². The van der Waals surface area contributed by atoms with Gasteiger partial charge in [-0.05, 0) is 25.7 Å². The molecular weight excluding hydrogens is 362 g/mol. The van der Waals surface area contributed by atoms with E-state index in [0.29, 0.717) is 45.2 Å². The van der Waals surface area contributed by atoms with Gasteiger partial charge in [0.2, 0.25) is 5.91 Å². The topological polar surface area (TPSA) is 88.9 Å². The second-order valence-electron chi connectivity index (χ2n) is 7.73. The first-order valence-corrected chi connectivity index (χ1v) is 10.2. The maximum atomic E-state index is 12.8. The number of nitrogens with zero attached hydrogens (tertiary/aromatic N) is 4. The second kappa shape index (κ2) is 8.48. The van der Waals surface area contributed by atoms with E-state index < -0.39 is 0 Å². The number of amides is 3. The van der Waals surface area contributed by atoms with Gasteiger partial charge in [0, 0.05) is 45.9 Å². The standard InChI is InChI=1S/C19H29N5O4/c1-22-17(12-15(21-22)16-5-3-9-28-16)20-19(26)24-6-2-4-14(13-24)18(25)23-7-10-27-11-8-23/h12,14,16H,2-11,13H2,1H3,(H,20,26). The van der Waals surface area contributed by atoms with Crippen LogP contribution in [-0.2, 0) is 21.3 Å². The number of hydrogen-bond donors (Lipinski definition) is 1. The van der Waals surface area contributed by atoms with E-state index in [1.165, 1.54) is 0 Å². The Kier molecular flexibility index (Phi) is 5.82. The molecule has 3 saturated heterocycles. The Morgan fingerprint density at radius 3 is 2.68 bits per heavy atom. The second-order valence-corrected chi connectivity index (χ2v) is 7.73. The maximum absolute atomic E-state index is 12.8. The Bertz CT molecular complexity index is 709. The molecule has 28 heavy (non-hydrogen) atoms. The number of piperidine rings is 1. The van der Waals surface area contributed by atoms with Gasteiger partial charge in [-0.15, -0.1) is 0 Å². The summed E-state index contributed by atoms with van der Waals surface area (Å²) in [6, 6.07) is 1.70. The number of hydrogen-bond acceptors (Lipinski definition) is 5. The normalized spacial score (nSPS) is 25.8. The van der Waals surface area contributed by atoms with Gasteiger partial charge in [0.1, 0.15) is 11.9 Å². The summed E-state index contributed by atoms with van der Waals surface area (Å²) in [6.07, 6.45) is 3.68. The molecule has 3 fully saturated rings. The molecule has 9 heteroatoms. The molecule has 9 nitrogen and oxygen atoms in total. The van der Waals surface area contributed by atoms with E-state index >= 15 is 0 Å². The van der Waals surface area contributed by atoms with E-state index in [4.69, 9.17) is 9.47 Å². The van der Waals surface area contributed by atoms with Gasteiger partial charge in [-0.25, -0.2) is 4.79 Å². The number of carbonyl (C=O) groups is 2. The zero-order valence-electron chi connectivity index (χ0n) is 16.4. The van der Waals surface area contributed by atoms with Crippen LogP contribution in [0.2, 0.25) is 0 Å². The van der Waals surface area contributed by atoms with Crippen molar-refractivity contribution < 1.29 is 19.1 Å². The zero-order valence-corrected chi connectivity index (χ0v) is 16.4. The van der Waals surface area contributed by atoms with E-state index in [1.807, 2.05) is 18.0 Å². The van der Waals surface area contributed by atoms with Crippen LogP contribution in [0.3, 0.4) is 0 Å². The van der Waals surface area contributed by atoms with E-state index in [9.17, 15) is 9.59 Å². The first-order valence-electron chi connectivity index (χ1n) is 10.2. The molecule has 0 aliphatic carbocycles. The number of carbonyl (C=O) groups excluding carboxylic acids is 2. The zero-order chi connectivity index (χ0) is 19.5. The molecule has 1 N–H and O–H groups in total. The maximum Gasteiger partial charge on any atom is 0.323 e. The fourth-order valence-electron chi connectivity index (χ4n) is 4.17. The van der Waals surface area contributed by atoms with Crippen molar-refractivity contribution in [3.63, 3.8) is 0 Å². The van der Waals surface area contributed by atoms with Crippen molar-refractivity contribution in [2.45, 2.75) is 31.8 Å². The molecule has 154 valence electrons. The molecule has 3 amide bonds. The van der Waals surface area contributed by atoms with Gasteiger partial charge in [0.25, 0.3) is 0 Å². The summed E-state index contributed by atoms with van der Waals surface area (Å²) >= 11 is 0. The molecule has 0 spiro atoms. The number of aromatic nitrogens is 2. The minimum absolute atomic E-state index is 0.0161. The van der Waals surface area contributed by atoms with Crippen molar-refractivity contribution in [2.75, 3.05) is 51.3 Å². The van der Waals surface area contributed by atoms with Crippen LogP contribution in [0.5, 0.6) is 0 Å². The predicted octanol–water partition coefficient (Wildman–Crippen LogP) is 1.37. The highest BCUT2D eigenvalue weighted by atomic mass is 16.5. The lowest BCUT2D eigenvalue weighted by Gasteiger charge is -2.36. The van der Waals surface area contributed by atoms with Crippen molar-refractivity contribution in [3.8, 4) is 0 Å². The van der Waals surface area contributed by atoms with Crippen molar-refractivity contribution in [3.05, 3.63) is 11.8 Å². The first-order chi connectivity index (χ1) is 13.6. The number of nitrogens with one attached hydrogen (secondary N) is 1. The van der Waals surface area contributed by atoms with Gasteiger partial charge in [0.05, 0.1) is 24.8 Å². The van der Waals surface area contributed by atoms with Crippen molar-refractivity contribution in [1.82, 2.24) is 19.6 Å². The SMILES string of the molecule is Cn1nc(C2CCCO2)cc1NC(=O)N1CCCC(C(=O)N2CCOCC2)C1. The molecule has 1 aromatic heterocycles. The summed E-state index contributed by atoms with van der Waals surface area (Å²) in [7, 11) is 1.81. The third-order valence-electron chi connectivity index (χ3n) is 5.77. The first kappa shape index (κ1) is 19.2. The summed E-state index contributed by atoms with van der Waals surface area (Å²) in [5.74, 6) is 0.658. The molecule has 2 unspecified atom stereocenters. The molecule has 0 radical (unpaired) electrons. The quantitative estimate of drug-likeness (QED) is 0.841. The highest BCUT2D eigenvalue weighted by Crippen LogP contribution is 2.29. The smallest absolute Gasteiger partial charge is 0.323 e. The predicted molar refractivity (Wildman–Crippen MR) is 102 cm³/mol. The summed E-state index contributed by atoms with van der Waals surface area (Å²) in [4.78, 5) is 29.2. The average molecular weight is 391 g/mol. The number of anilines is 1. The highest BCUT2D eigenvalue weighted by molar-refractivity contribution is 5.89. The van der Waals surface area contributed by atoms with Crippen molar-refractivity contribution >= 4 is 17.8 Å². The molecule has 4 rings (SSSR count). The minimum atomic E-state index is -0.179. The third kappa shape index (κ3) is 4.15. The van der Waals surface area contributed by atoms with Crippen LogP contribution in [0.25, 0.3) is 0 Å². The summed E-state index contributed by atoms with van der Waals surface area (Å²) in [5.41, 5.74) is 0.856. The molecule has 2 atom stereocenters. The van der Waals surface area contributed by atoms with Crippen LogP contribution in [0, 0.1) is 5.92 Å². The molecule has 0 saturated carbocycles. The lowest BCUT2D eigenvalue weighted by atomic mass is 9.96. The minimum Gasteiger partial charge on any atom is -0.378 e. The summed E-state index contributed by atoms with van der Waals surface area (Å²) < 4.78 is 12.7. The molecule has 0 aromatic carbocycles. The molecule has 3 aliphatic rings. The average Bonchev–Trinajstić information content (AvgIpc) is 3.38. The van der Waals surface area contributed by atoms with Gasteiger partial charge in [-0.2, -0.15) is 5.10 Å². The lowest BCUT2D eigenvalue weighted by Crippen LogP contribution is -2.50. The monoisotopic (exact) mass is 391 g/mol. The van der Waals surface area contributed by atoms with Crippen LogP contribution >= 0.6 is 0 Å². The van der Waals surface area contributed by atoms with Crippen molar-refractivity contribution in [2.24, 2.45) is 13.0 Å². The van der Waals surface area contributed by atoms with Crippen LogP contribution in [0.4, 0.5) is 10.6 Å². The molecule has 1 aromatic rings. The van der Waals surface area contributed by atoms with Crippen LogP contribution in [0.1, 0.15) is 37.5 Å². The van der Waals surface area contributed by atoms with E-state index in [2.05, 4.69) is 10.4 Å². The summed E-state index contributed by atoms with van der Waals surface area (Å²) in [6.45, 7) is 4.35. The Morgan fingerprint density at radius 1 is 1.11 bits per heavy atom. The van der Waals surface area contributed by atoms with Crippen molar-refractivity contribution in [1.29, 1.82) is 0 Å². The van der Waals surface area contributed by atoms with E-state index in [0.717, 1.165) is 38.0 Å². The molecule has 4 heterocycles. The van der Waals surface area contributed by atoms with E-state index in [-0.39, 0.29) is 24.0 Å². The van der Waals surface area contributed by atoms with Crippen LogP contribution in [0.15, 0.2) is 6.07 Å². The lowest BCUT2D eigenvalue weighted by molar-refractivity contribution is -0.141. The Hall–Kier alpha value is -2.13. The van der Waals surface area contributed by atoms with Gasteiger partial charge < -0.3 is 19.3 Å². The number of likely N-dealkylation sites (tertiary alicyclic amines) is 1. The Balaban J connectivity index is 1.36. The number of morpholine rings is 1. The fourth-order valence-corrected chi connectivity index (χ4v) is 4.17. The van der Waals surface area contributed by atoms with E-state index in [1.54, 1.807) is 9.58 Å². The molecule has 0 bridgehead atoms. The highest BCUT2D eigenvalue weighted by Gasteiger charge is 2.32. The fraction of sp³-hybridized carbons (Fsp3) is 0.737. The van der Waals surface area contributed by atoms with Gasteiger partial charge in [-0.1, -0.05) is 0 Å². The Labute approximate surface area is 164 Å². The third-order valence-corrected chi connectivity index (χ3v) is 5.77. The molecular formula is C19H29N5O4. The number of ether oxygens (including phenoxy) is 2.